The fourth-order valence-electron chi connectivity index (χ4n) is 2.67. The highest BCUT2D eigenvalue weighted by molar-refractivity contribution is 7.07. The maximum Gasteiger partial charge on any atom is 0.318 e. The first kappa shape index (κ1) is 16.1. The number of carbonyl (C=O) groups is 1. The summed E-state index contributed by atoms with van der Waals surface area (Å²) in [5.41, 5.74) is 1.24. The number of nitrogens with zero attached hydrogens (tertiary/aromatic N) is 2. The third-order valence-corrected chi connectivity index (χ3v) is 4.85. The molecule has 1 saturated carbocycles. The Morgan fingerprint density at radius 2 is 2.26 bits per heavy atom. The van der Waals surface area contributed by atoms with E-state index in [1.807, 2.05) is 31.1 Å². The molecule has 2 aromatic rings. The predicted octanol–water partition coefficient (Wildman–Crippen LogP) is 3.32. The van der Waals surface area contributed by atoms with Crippen LogP contribution in [-0.2, 0) is 6.54 Å². The van der Waals surface area contributed by atoms with Gasteiger partial charge in [-0.25, -0.2) is 4.79 Å². The molecule has 6 heteroatoms. The normalized spacial score (nSPS) is 15.6. The Morgan fingerprint density at radius 1 is 1.43 bits per heavy atom. The van der Waals surface area contributed by atoms with Crippen LogP contribution in [0.3, 0.4) is 0 Å². The standard InChI is InChI=1S/C17H23N3O2S/c1-19(2)16(13-7-9-23-12-13)10-18-17(21)20(14-5-6-14)11-15-4-3-8-22-15/h3-4,7-9,12,14,16H,5-6,10-11H2,1-2H3,(H,18,21). The van der Waals surface area contributed by atoms with Crippen molar-refractivity contribution in [3.05, 3.63) is 46.5 Å². The largest absolute Gasteiger partial charge is 0.467 e. The van der Waals surface area contributed by atoms with E-state index in [0.29, 0.717) is 19.1 Å². The number of rotatable bonds is 7. The molecule has 0 radical (unpaired) electrons. The Labute approximate surface area is 140 Å². The Hall–Kier alpha value is -1.79. The topological polar surface area (TPSA) is 48.7 Å². The highest BCUT2D eigenvalue weighted by Gasteiger charge is 2.33. The molecule has 0 spiro atoms. The fraction of sp³-hybridized carbons (Fsp3) is 0.471. The number of likely N-dealkylation sites (N-methyl/N-ethyl adjacent to an activating group) is 1. The van der Waals surface area contributed by atoms with Crippen molar-refractivity contribution in [3.8, 4) is 0 Å². The Bertz CT molecular complexity index is 606. The van der Waals surface area contributed by atoms with Gasteiger partial charge in [-0.05, 0) is 61.5 Å². The third-order valence-electron chi connectivity index (χ3n) is 4.15. The summed E-state index contributed by atoms with van der Waals surface area (Å²) in [5, 5.41) is 7.30. The van der Waals surface area contributed by atoms with Crippen LogP contribution in [0, 0.1) is 0 Å². The number of amides is 2. The van der Waals surface area contributed by atoms with Gasteiger partial charge in [0.25, 0.3) is 0 Å². The van der Waals surface area contributed by atoms with Crippen molar-refractivity contribution in [2.75, 3.05) is 20.6 Å². The Kier molecular flexibility index (Phi) is 5.03. The van der Waals surface area contributed by atoms with Crippen LogP contribution < -0.4 is 5.32 Å². The highest BCUT2D eigenvalue weighted by atomic mass is 32.1. The lowest BCUT2D eigenvalue weighted by Crippen LogP contribution is -2.43. The van der Waals surface area contributed by atoms with Crippen molar-refractivity contribution in [1.29, 1.82) is 0 Å². The average Bonchev–Trinajstić information content (AvgIpc) is 3.01. The van der Waals surface area contributed by atoms with Crippen molar-refractivity contribution in [2.24, 2.45) is 0 Å². The van der Waals surface area contributed by atoms with Crippen LogP contribution in [0.25, 0.3) is 0 Å². The van der Waals surface area contributed by atoms with E-state index in [1.54, 1.807) is 17.6 Å². The summed E-state index contributed by atoms with van der Waals surface area (Å²) in [6.07, 6.45) is 3.81. The molecule has 1 fully saturated rings. The summed E-state index contributed by atoms with van der Waals surface area (Å²) in [6.45, 7) is 1.14. The van der Waals surface area contributed by atoms with E-state index in [1.165, 1.54) is 5.56 Å². The maximum atomic E-state index is 12.6. The lowest BCUT2D eigenvalue weighted by molar-refractivity contribution is 0.182. The molecule has 0 aromatic carbocycles. The van der Waals surface area contributed by atoms with Crippen molar-refractivity contribution < 1.29 is 9.21 Å². The van der Waals surface area contributed by atoms with E-state index in [0.717, 1.165) is 18.6 Å². The van der Waals surface area contributed by atoms with Crippen LogP contribution in [0.15, 0.2) is 39.6 Å². The van der Waals surface area contributed by atoms with Gasteiger partial charge in [0.2, 0.25) is 0 Å². The van der Waals surface area contributed by atoms with Gasteiger partial charge in [0, 0.05) is 12.6 Å². The van der Waals surface area contributed by atoms with Crippen molar-refractivity contribution in [2.45, 2.75) is 31.5 Å². The van der Waals surface area contributed by atoms with Gasteiger partial charge in [0.15, 0.2) is 0 Å². The quantitative estimate of drug-likeness (QED) is 0.845. The SMILES string of the molecule is CN(C)C(CNC(=O)N(Cc1ccco1)C1CC1)c1ccsc1. The predicted molar refractivity (Wildman–Crippen MR) is 91.4 cm³/mol. The van der Waals surface area contributed by atoms with Crippen molar-refractivity contribution in [1.82, 2.24) is 15.1 Å². The first-order chi connectivity index (χ1) is 11.1. The van der Waals surface area contributed by atoms with Crippen LogP contribution in [0.1, 0.15) is 30.2 Å². The minimum Gasteiger partial charge on any atom is -0.467 e. The summed E-state index contributed by atoms with van der Waals surface area (Å²) in [7, 11) is 4.08. The van der Waals surface area contributed by atoms with E-state index in [2.05, 4.69) is 27.0 Å². The number of hydrogen-bond acceptors (Lipinski definition) is 4. The van der Waals surface area contributed by atoms with E-state index in [-0.39, 0.29) is 12.1 Å². The molecule has 2 heterocycles. The molecular formula is C17H23N3O2S. The van der Waals surface area contributed by atoms with Gasteiger partial charge in [-0.1, -0.05) is 0 Å². The van der Waals surface area contributed by atoms with Crippen LogP contribution in [0.2, 0.25) is 0 Å². The molecule has 124 valence electrons. The highest BCUT2D eigenvalue weighted by Crippen LogP contribution is 2.28. The lowest BCUT2D eigenvalue weighted by Gasteiger charge is -2.27. The molecule has 1 aliphatic rings. The summed E-state index contributed by atoms with van der Waals surface area (Å²) in [5.74, 6) is 0.828. The second kappa shape index (κ2) is 7.19. The molecule has 0 bridgehead atoms. The molecule has 3 rings (SSSR count). The van der Waals surface area contributed by atoms with Crippen LogP contribution in [0.4, 0.5) is 4.79 Å². The molecule has 0 saturated heterocycles. The van der Waals surface area contributed by atoms with Gasteiger partial charge in [-0.2, -0.15) is 11.3 Å². The van der Waals surface area contributed by atoms with E-state index >= 15 is 0 Å². The average molecular weight is 333 g/mol. The molecule has 2 aromatic heterocycles. The number of nitrogens with one attached hydrogen (secondary N) is 1. The minimum absolute atomic E-state index is 0.00835. The molecule has 5 nitrogen and oxygen atoms in total. The number of thiophene rings is 1. The number of urea groups is 1. The minimum atomic E-state index is -0.00835. The monoisotopic (exact) mass is 333 g/mol. The van der Waals surface area contributed by atoms with E-state index in [9.17, 15) is 4.79 Å². The zero-order chi connectivity index (χ0) is 16.2. The second-order valence-corrected chi connectivity index (χ2v) is 6.94. The number of carbonyl (C=O) groups excluding carboxylic acids is 1. The van der Waals surface area contributed by atoms with Crippen molar-refractivity contribution >= 4 is 17.4 Å². The molecule has 1 unspecified atom stereocenters. The summed E-state index contributed by atoms with van der Waals surface area (Å²) >= 11 is 1.68. The van der Waals surface area contributed by atoms with Gasteiger partial charge in [0.1, 0.15) is 5.76 Å². The third kappa shape index (κ3) is 4.14. The first-order valence-electron chi connectivity index (χ1n) is 7.90. The second-order valence-electron chi connectivity index (χ2n) is 6.16. The summed E-state index contributed by atoms with van der Waals surface area (Å²) in [6, 6.07) is 6.41. The Morgan fingerprint density at radius 3 is 2.83 bits per heavy atom. The molecular weight excluding hydrogens is 310 g/mol. The molecule has 2 amide bonds. The van der Waals surface area contributed by atoms with Gasteiger partial charge >= 0.3 is 6.03 Å². The van der Waals surface area contributed by atoms with Gasteiger partial charge in [-0.15, -0.1) is 0 Å². The molecule has 23 heavy (non-hydrogen) atoms. The van der Waals surface area contributed by atoms with Crippen LogP contribution in [-0.4, -0.2) is 42.5 Å². The van der Waals surface area contributed by atoms with Crippen molar-refractivity contribution in [3.63, 3.8) is 0 Å². The molecule has 0 aliphatic heterocycles. The van der Waals surface area contributed by atoms with E-state index in [4.69, 9.17) is 4.42 Å². The maximum absolute atomic E-state index is 12.6. The molecule has 1 atom stereocenters. The lowest BCUT2D eigenvalue weighted by atomic mass is 10.1. The zero-order valence-electron chi connectivity index (χ0n) is 13.6. The Balaban J connectivity index is 1.60. The van der Waals surface area contributed by atoms with E-state index < -0.39 is 0 Å². The van der Waals surface area contributed by atoms with Crippen LogP contribution >= 0.6 is 11.3 Å². The first-order valence-corrected chi connectivity index (χ1v) is 8.85. The smallest absolute Gasteiger partial charge is 0.318 e. The fourth-order valence-corrected chi connectivity index (χ4v) is 3.38. The zero-order valence-corrected chi connectivity index (χ0v) is 14.4. The van der Waals surface area contributed by atoms with Gasteiger partial charge < -0.3 is 19.5 Å². The summed E-state index contributed by atoms with van der Waals surface area (Å²) in [4.78, 5) is 16.6. The van der Waals surface area contributed by atoms with Crippen LogP contribution in [0.5, 0.6) is 0 Å². The number of hydrogen-bond donors (Lipinski definition) is 1. The molecule has 1 N–H and O–H groups in total. The summed E-state index contributed by atoms with van der Waals surface area (Å²) < 4.78 is 5.39. The van der Waals surface area contributed by atoms with Gasteiger partial charge in [0.05, 0.1) is 18.8 Å². The molecule has 1 aliphatic carbocycles. The number of furan rings is 1. The van der Waals surface area contributed by atoms with Gasteiger partial charge in [-0.3, -0.25) is 0 Å².